The lowest BCUT2D eigenvalue weighted by atomic mass is 10.0. The molecule has 1 aromatic heterocycles. The molecule has 0 radical (unpaired) electrons. The van der Waals surface area contributed by atoms with Crippen molar-refractivity contribution in [2.24, 2.45) is 0 Å². The highest BCUT2D eigenvalue weighted by molar-refractivity contribution is 7.92. The van der Waals surface area contributed by atoms with E-state index in [4.69, 9.17) is 32.4 Å². The topological polar surface area (TPSA) is 76.8 Å². The molecule has 0 N–H and O–H groups in total. The lowest BCUT2D eigenvalue weighted by molar-refractivity contribution is -0.141. The molecule has 0 aliphatic heterocycles. The van der Waals surface area contributed by atoms with Crippen LogP contribution in [-0.2, 0) is 19.6 Å². The van der Waals surface area contributed by atoms with Crippen molar-refractivity contribution in [1.29, 1.82) is 0 Å². The summed E-state index contributed by atoms with van der Waals surface area (Å²) < 4.78 is 38.7. The van der Waals surface area contributed by atoms with Crippen molar-refractivity contribution in [1.82, 2.24) is 0 Å². The first-order valence-corrected chi connectivity index (χ1v) is 13.2. The van der Waals surface area contributed by atoms with Gasteiger partial charge in [0, 0.05) is 15.6 Å². The quantitative estimate of drug-likeness (QED) is 0.172. The van der Waals surface area contributed by atoms with Crippen LogP contribution in [0, 0.1) is 0 Å². The fourth-order valence-corrected chi connectivity index (χ4v) is 5.74. The zero-order chi connectivity index (χ0) is 25.0. The molecule has 0 saturated heterocycles. The molecule has 0 saturated carbocycles. The molecule has 0 aliphatic rings. The molecular formula is C26H23Cl2NO5S. The normalized spacial score (nSPS) is 11.5. The number of carbonyl (C=O) groups excluding carboxylic acids is 1. The highest BCUT2D eigenvalue weighted by atomic mass is 35.5. The summed E-state index contributed by atoms with van der Waals surface area (Å²) in [6, 6.07) is 16.9. The molecule has 0 bridgehead atoms. The van der Waals surface area contributed by atoms with Gasteiger partial charge in [-0.15, -0.1) is 0 Å². The Labute approximate surface area is 214 Å². The number of anilines is 1. The molecule has 0 fully saturated rings. The fraction of sp³-hybridized carbons (Fsp3) is 0.192. The molecule has 0 spiro atoms. The first-order valence-electron chi connectivity index (χ1n) is 11.0. The number of halogens is 2. The smallest absolute Gasteiger partial charge is 0.326 e. The number of hydrogen-bond donors (Lipinski definition) is 0. The van der Waals surface area contributed by atoms with Crippen molar-refractivity contribution < 1.29 is 22.4 Å². The molecule has 0 aliphatic carbocycles. The van der Waals surface area contributed by atoms with Gasteiger partial charge in [0.25, 0.3) is 10.0 Å². The first-order chi connectivity index (χ1) is 16.8. The standard InChI is InChI=1S/C26H23Cl2NO5S/c1-2-3-9-34-26(30)16-29(35(31,32)25-14-22(27)13-23(28)15-25)24-7-6-18-11-19(4-5-20(18)12-24)21-8-10-33-17-21/h4-8,10-15,17H,2-3,9,16H2,1H3. The number of benzene rings is 3. The molecule has 4 aromatic rings. The minimum absolute atomic E-state index is 0.119. The Morgan fingerprint density at radius 1 is 0.943 bits per heavy atom. The van der Waals surface area contributed by atoms with E-state index in [1.54, 1.807) is 24.7 Å². The van der Waals surface area contributed by atoms with Crippen LogP contribution in [0.2, 0.25) is 10.0 Å². The predicted molar refractivity (Wildman–Crippen MR) is 139 cm³/mol. The molecule has 0 unspecified atom stereocenters. The van der Waals surface area contributed by atoms with Gasteiger partial charge in [0.2, 0.25) is 0 Å². The highest BCUT2D eigenvalue weighted by Gasteiger charge is 2.29. The Balaban J connectivity index is 1.74. The minimum Gasteiger partial charge on any atom is -0.472 e. The van der Waals surface area contributed by atoms with Crippen molar-refractivity contribution in [3.8, 4) is 11.1 Å². The molecule has 6 nitrogen and oxygen atoms in total. The Morgan fingerprint density at radius 2 is 1.66 bits per heavy atom. The molecule has 182 valence electrons. The van der Waals surface area contributed by atoms with E-state index < -0.39 is 22.5 Å². The van der Waals surface area contributed by atoms with Crippen molar-refractivity contribution in [2.75, 3.05) is 17.5 Å². The fourth-order valence-electron chi connectivity index (χ4n) is 3.61. The number of furan rings is 1. The Kier molecular flexibility index (Phi) is 7.69. The SMILES string of the molecule is CCCCOC(=O)CN(c1ccc2cc(-c3ccoc3)ccc2c1)S(=O)(=O)c1cc(Cl)cc(Cl)c1. The van der Waals surface area contributed by atoms with Crippen molar-refractivity contribution in [3.05, 3.63) is 83.2 Å². The van der Waals surface area contributed by atoms with Gasteiger partial charge in [-0.05, 0) is 65.2 Å². The number of nitrogens with zero attached hydrogens (tertiary/aromatic N) is 1. The van der Waals surface area contributed by atoms with Crippen LogP contribution in [0.15, 0.2) is 82.5 Å². The van der Waals surface area contributed by atoms with Crippen LogP contribution in [0.5, 0.6) is 0 Å². The highest BCUT2D eigenvalue weighted by Crippen LogP contribution is 2.32. The average molecular weight is 532 g/mol. The van der Waals surface area contributed by atoms with Gasteiger partial charge in [-0.3, -0.25) is 9.10 Å². The summed E-state index contributed by atoms with van der Waals surface area (Å²) in [5.41, 5.74) is 2.22. The van der Waals surface area contributed by atoms with Crippen molar-refractivity contribution in [2.45, 2.75) is 24.7 Å². The number of fused-ring (bicyclic) bond motifs is 1. The van der Waals surface area contributed by atoms with E-state index >= 15 is 0 Å². The summed E-state index contributed by atoms with van der Waals surface area (Å²) in [4.78, 5) is 12.4. The van der Waals surface area contributed by atoms with E-state index in [9.17, 15) is 13.2 Å². The van der Waals surface area contributed by atoms with Crippen molar-refractivity contribution in [3.63, 3.8) is 0 Å². The summed E-state index contributed by atoms with van der Waals surface area (Å²) in [6.45, 7) is 1.70. The summed E-state index contributed by atoms with van der Waals surface area (Å²) in [7, 11) is -4.19. The summed E-state index contributed by atoms with van der Waals surface area (Å²) >= 11 is 12.1. The van der Waals surface area contributed by atoms with Gasteiger partial charge < -0.3 is 9.15 Å². The largest absolute Gasteiger partial charge is 0.472 e. The number of carbonyl (C=O) groups is 1. The average Bonchev–Trinajstić information content (AvgIpc) is 3.36. The van der Waals surface area contributed by atoms with Crippen LogP contribution < -0.4 is 4.31 Å². The van der Waals surface area contributed by atoms with Crippen LogP contribution in [0.1, 0.15) is 19.8 Å². The third-order valence-electron chi connectivity index (χ3n) is 5.42. The van der Waals surface area contributed by atoms with Gasteiger partial charge in [0.05, 0.1) is 29.7 Å². The molecule has 4 rings (SSSR count). The number of hydrogen-bond acceptors (Lipinski definition) is 5. The Bertz CT molecular complexity index is 1430. The van der Waals surface area contributed by atoms with E-state index in [-0.39, 0.29) is 21.5 Å². The molecule has 0 amide bonds. The van der Waals surface area contributed by atoms with Crippen LogP contribution in [0.25, 0.3) is 21.9 Å². The third kappa shape index (κ3) is 5.81. The second-order valence-electron chi connectivity index (χ2n) is 7.95. The van der Waals surface area contributed by atoms with E-state index in [0.29, 0.717) is 12.1 Å². The third-order valence-corrected chi connectivity index (χ3v) is 7.61. The number of esters is 1. The van der Waals surface area contributed by atoms with E-state index in [1.807, 2.05) is 37.3 Å². The lowest BCUT2D eigenvalue weighted by Gasteiger charge is -2.24. The predicted octanol–water partition coefficient (Wildman–Crippen LogP) is 6.95. The molecular weight excluding hydrogens is 509 g/mol. The molecule has 1 heterocycles. The second kappa shape index (κ2) is 10.7. The summed E-state index contributed by atoms with van der Waals surface area (Å²) in [6.07, 6.45) is 4.80. The maximum absolute atomic E-state index is 13.6. The van der Waals surface area contributed by atoms with Crippen LogP contribution in [0.3, 0.4) is 0 Å². The van der Waals surface area contributed by atoms with Gasteiger partial charge in [0.1, 0.15) is 6.54 Å². The number of ether oxygens (including phenoxy) is 1. The number of sulfonamides is 1. The first kappa shape index (κ1) is 25.1. The lowest BCUT2D eigenvalue weighted by Crippen LogP contribution is -2.36. The monoisotopic (exact) mass is 531 g/mol. The molecule has 35 heavy (non-hydrogen) atoms. The maximum atomic E-state index is 13.6. The molecule has 0 atom stereocenters. The summed E-state index contributed by atoms with van der Waals surface area (Å²) in [5.74, 6) is -0.648. The Morgan fingerprint density at radius 3 is 2.34 bits per heavy atom. The number of unbranched alkanes of at least 4 members (excludes halogenated alkanes) is 1. The van der Waals surface area contributed by atoms with Gasteiger partial charge >= 0.3 is 5.97 Å². The summed E-state index contributed by atoms with van der Waals surface area (Å²) in [5, 5.41) is 2.05. The maximum Gasteiger partial charge on any atom is 0.326 e. The van der Waals surface area contributed by atoms with Crippen LogP contribution >= 0.6 is 23.2 Å². The molecule has 9 heteroatoms. The van der Waals surface area contributed by atoms with E-state index in [0.717, 1.165) is 32.6 Å². The zero-order valence-electron chi connectivity index (χ0n) is 18.9. The van der Waals surface area contributed by atoms with E-state index in [1.165, 1.54) is 18.2 Å². The van der Waals surface area contributed by atoms with Gasteiger partial charge in [-0.1, -0.05) is 54.7 Å². The van der Waals surface area contributed by atoms with Crippen LogP contribution in [-0.4, -0.2) is 27.5 Å². The van der Waals surface area contributed by atoms with Gasteiger partial charge in [-0.2, -0.15) is 0 Å². The van der Waals surface area contributed by atoms with Gasteiger partial charge in [0.15, 0.2) is 0 Å². The minimum atomic E-state index is -4.19. The van der Waals surface area contributed by atoms with Crippen LogP contribution in [0.4, 0.5) is 5.69 Å². The zero-order valence-corrected chi connectivity index (χ0v) is 21.2. The van der Waals surface area contributed by atoms with E-state index in [2.05, 4.69) is 0 Å². The number of rotatable bonds is 9. The second-order valence-corrected chi connectivity index (χ2v) is 10.7. The Hall–Kier alpha value is -3.00. The van der Waals surface area contributed by atoms with Gasteiger partial charge in [-0.25, -0.2) is 8.42 Å². The molecule has 3 aromatic carbocycles. The van der Waals surface area contributed by atoms with Crippen molar-refractivity contribution >= 4 is 55.7 Å².